The van der Waals surface area contributed by atoms with Gasteiger partial charge in [-0.15, -0.1) is 0 Å². The quantitative estimate of drug-likeness (QED) is 0.874. The molecule has 2 rings (SSSR count). The second-order valence-electron chi connectivity index (χ2n) is 3.87. The minimum Gasteiger partial charge on any atom is -0.508 e. The van der Waals surface area contributed by atoms with Gasteiger partial charge in [0.05, 0.1) is 0 Å². The van der Waals surface area contributed by atoms with Crippen molar-refractivity contribution in [1.29, 1.82) is 0 Å². The SMILES string of the molecule is Oc1ccc(OCC(O)c2ccc(F)cc2)cc1. The molecule has 94 valence electrons. The number of benzene rings is 2. The molecule has 0 aliphatic heterocycles. The Labute approximate surface area is 104 Å². The average Bonchev–Trinajstić information content (AvgIpc) is 2.38. The molecule has 0 bridgehead atoms. The van der Waals surface area contributed by atoms with E-state index in [4.69, 9.17) is 9.84 Å². The third-order valence-electron chi connectivity index (χ3n) is 2.50. The number of rotatable bonds is 4. The van der Waals surface area contributed by atoms with Crippen LogP contribution >= 0.6 is 0 Å². The zero-order valence-electron chi connectivity index (χ0n) is 9.58. The molecule has 1 atom stereocenters. The lowest BCUT2D eigenvalue weighted by atomic mass is 10.1. The first-order chi connectivity index (χ1) is 8.65. The number of aromatic hydroxyl groups is 1. The molecule has 0 heterocycles. The average molecular weight is 248 g/mol. The summed E-state index contributed by atoms with van der Waals surface area (Å²) < 4.78 is 18.1. The Morgan fingerprint density at radius 2 is 1.61 bits per heavy atom. The van der Waals surface area contributed by atoms with E-state index < -0.39 is 6.10 Å². The molecule has 2 N–H and O–H groups in total. The van der Waals surface area contributed by atoms with Gasteiger partial charge in [0, 0.05) is 0 Å². The summed E-state index contributed by atoms with van der Waals surface area (Å²) in [7, 11) is 0. The number of hydrogen-bond acceptors (Lipinski definition) is 3. The summed E-state index contributed by atoms with van der Waals surface area (Å²) in [6, 6.07) is 11.8. The lowest BCUT2D eigenvalue weighted by molar-refractivity contribution is 0.108. The molecule has 0 fully saturated rings. The van der Waals surface area contributed by atoms with Crippen LogP contribution in [0.1, 0.15) is 11.7 Å². The summed E-state index contributed by atoms with van der Waals surface area (Å²) >= 11 is 0. The number of hydrogen-bond donors (Lipinski definition) is 2. The van der Waals surface area contributed by atoms with Crippen molar-refractivity contribution in [2.75, 3.05) is 6.61 Å². The van der Waals surface area contributed by atoms with E-state index in [0.717, 1.165) is 0 Å². The van der Waals surface area contributed by atoms with Gasteiger partial charge in [0.2, 0.25) is 0 Å². The van der Waals surface area contributed by atoms with E-state index in [9.17, 15) is 9.50 Å². The van der Waals surface area contributed by atoms with E-state index in [0.29, 0.717) is 11.3 Å². The van der Waals surface area contributed by atoms with Crippen molar-refractivity contribution in [2.45, 2.75) is 6.10 Å². The van der Waals surface area contributed by atoms with Crippen LogP contribution in [-0.2, 0) is 0 Å². The third-order valence-corrected chi connectivity index (χ3v) is 2.50. The van der Waals surface area contributed by atoms with Crippen LogP contribution < -0.4 is 4.74 Å². The molecule has 4 heteroatoms. The molecule has 0 aromatic heterocycles. The highest BCUT2D eigenvalue weighted by Crippen LogP contribution is 2.19. The maximum Gasteiger partial charge on any atom is 0.123 e. The fourth-order valence-electron chi connectivity index (χ4n) is 1.50. The van der Waals surface area contributed by atoms with Crippen LogP contribution in [-0.4, -0.2) is 16.8 Å². The smallest absolute Gasteiger partial charge is 0.123 e. The monoisotopic (exact) mass is 248 g/mol. The Bertz CT molecular complexity index is 493. The number of halogens is 1. The first-order valence-electron chi connectivity index (χ1n) is 5.50. The second kappa shape index (κ2) is 5.51. The van der Waals surface area contributed by atoms with E-state index in [1.165, 1.54) is 36.4 Å². The Balaban J connectivity index is 1.93. The van der Waals surface area contributed by atoms with Crippen LogP contribution in [0.5, 0.6) is 11.5 Å². The lowest BCUT2D eigenvalue weighted by Crippen LogP contribution is -2.09. The van der Waals surface area contributed by atoms with Gasteiger partial charge in [0.15, 0.2) is 0 Å². The van der Waals surface area contributed by atoms with Crippen molar-refractivity contribution >= 4 is 0 Å². The molecule has 3 nitrogen and oxygen atoms in total. The summed E-state index contributed by atoms with van der Waals surface area (Å²) in [5.41, 5.74) is 0.593. The minimum absolute atomic E-state index is 0.0659. The van der Waals surface area contributed by atoms with E-state index in [1.807, 2.05) is 0 Å². The molecule has 0 spiro atoms. The zero-order valence-corrected chi connectivity index (χ0v) is 9.58. The number of phenols is 1. The van der Waals surface area contributed by atoms with Gasteiger partial charge in [0.1, 0.15) is 30.0 Å². The van der Waals surface area contributed by atoms with Crippen molar-refractivity contribution in [3.05, 3.63) is 59.9 Å². The summed E-state index contributed by atoms with van der Waals surface area (Å²) in [6.07, 6.45) is -0.820. The first kappa shape index (κ1) is 12.4. The summed E-state index contributed by atoms with van der Waals surface area (Å²) in [6.45, 7) is 0.0659. The molecule has 0 amide bonds. The summed E-state index contributed by atoms with van der Waals surface area (Å²) in [5, 5.41) is 18.9. The molecular formula is C14H13FO3. The van der Waals surface area contributed by atoms with Gasteiger partial charge in [-0.1, -0.05) is 12.1 Å². The molecule has 1 unspecified atom stereocenters. The maximum atomic E-state index is 12.7. The van der Waals surface area contributed by atoms with Crippen LogP contribution in [0.25, 0.3) is 0 Å². The Morgan fingerprint density at radius 3 is 2.22 bits per heavy atom. The van der Waals surface area contributed by atoms with E-state index >= 15 is 0 Å². The first-order valence-corrected chi connectivity index (χ1v) is 5.50. The van der Waals surface area contributed by atoms with E-state index in [1.54, 1.807) is 12.1 Å². The normalized spacial score (nSPS) is 12.1. The Kier molecular flexibility index (Phi) is 3.79. The second-order valence-corrected chi connectivity index (χ2v) is 3.87. The van der Waals surface area contributed by atoms with Gasteiger partial charge in [0.25, 0.3) is 0 Å². The van der Waals surface area contributed by atoms with E-state index in [2.05, 4.69) is 0 Å². The predicted molar refractivity (Wildman–Crippen MR) is 65.0 cm³/mol. The molecule has 0 radical (unpaired) electrons. The number of aliphatic hydroxyl groups is 1. The van der Waals surface area contributed by atoms with Crippen LogP contribution in [0.2, 0.25) is 0 Å². The standard InChI is InChI=1S/C14H13FO3/c15-11-3-1-10(2-4-11)14(17)9-18-13-7-5-12(16)6-8-13/h1-8,14,16-17H,9H2. The molecule has 0 saturated heterocycles. The third kappa shape index (κ3) is 3.21. The highest BCUT2D eigenvalue weighted by molar-refractivity contribution is 5.30. The van der Waals surface area contributed by atoms with Gasteiger partial charge >= 0.3 is 0 Å². The zero-order chi connectivity index (χ0) is 13.0. The predicted octanol–water partition coefficient (Wildman–Crippen LogP) is 2.64. The molecule has 0 aliphatic carbocycles. The largest absolute Gasteiger partial charge is 0.508 e. The Hall–Kier alpha value is -2.07. The van der Waals surface area contributed by atoms with Crippen LogP contribution in [0, 0.1) is 5.82 Å². The van der Waals surface area contributed by atoms with Crippen molar-refractivity contribution in [1.82, 2.24) is 0 Å². The minimum atomic E-state index is -0.820. The Morgan fingerprint density at radius 1 is 1.00 bits per heavy atom. The van der Waals surface area contributed by atoms with Gasteiger partial charge in [-0.25, -0.2) is 4.39 Å². The maximum absolute atomic E-state index is 12.7. The molecule has 0 saturated carbocycles. The molecule has 18 heavy (non-hydrogen) atoms. The fourth-order valence-corrected chi connectivity index (χ4v) is 1.50. The van der Waals surface area contributed by atoms with Crippen molar-refractivity contribution < 1.29 is 19.3 Å². The van der Waals surface area contributed by atoms with Crippen molar-refractivity contribution in [3.8, 4) is 11.5 Å². The van der Waals surface area contributed by atoms with Crippen LogP contribution in [0.4, 0.5) is 4.39 Å². The number of phenolic OH excluding ortho intramolecular Hbond substituents is 1. The highest BCUT2D eigenvalue weighted by atomic mass is 19.1. The van der Waals surface area contributed by atoms with Gasteiger partial charge < -0.3 is 14.9 Å². The summed E-state index contributed by atoms with van der Waals surface area (Å²) in [5.74, 6) is 0.362. The summed E-state index contributed by atoms with van der Waals surface area (Å²) in [4.78, 5) is 0. The molecule has 0 aliphatic rings. The van der Waals surface area contributed by atoms with Crippen LogP contribution in [0.3, 0.4) is 0 Å². The number of aliphatic hydroxyl groups excluding tert-OH is 1. The molecule has 2 aromatic carbocycles. The van der Waals surface area contributed by atoms with Gasteiger partial charge in [-0.2, -0.15) is 0 Å². The molecule has 2 aromatic rings. The van der Waals surface area contributed by atoms with Crippen LogP contribution in [0.15, 0.2) is 48.5 Å². The molecular weight excluding hydrogens is 235 g/mol. The number of ether oxygens (including phenoxy) is 1. The van der Waals surface area contributed by atoms with Crippen molar-refractivity contribution in [3.63, 3.8) is 0 Å². The van der Waals surface area contributed by atoms with Gasteiger partial charge in [-0.3, -0.25) is 0 Å². The topological polar surface area (TPSA) is 49.7 Å². The van der Waals surface area contributed by atoms with Crippen molar-refractivity contribution in [2.24, 2.45) is 0 Å². The fraction of sp³-hybridized carbons (Fsp3) is 0.143. The van der Waals surface area contributed by atoms with Gasteiger partial charge in [-0.05, 0) is 42.0 Å². The lowest BCUT2D eigenvalue weighted by Gasteiger charge is -2.12. The highest BCUT2D eigenvalue weighted by Gasteiger charge is 2.08. The van der Waals surface area contributed by atoms with E-state index in [-0.39, 0.29) is 18.2 Å².